The number of anilines is 1. The standard InChI is InChI=1S/C13H12ClF2N5O/c14-10-2-1-3-11(12(10)16)21(18)6-9(17)7-22-13-19-4-8(15)5-20-13/h1-6H,7,17-18H2/b9-6-. The van der Waals surface area contributed by atoms with E-state index in [-0.39, 0.29) is 29.0 Å². The quantitative estimate of drug-likeness (QED) is 0.644. The average Bonchev–Trinajstić information content (AvgIpc) is 2.49. The summed E-state index contributed by atoms with van der Waals surface area (Å²) in [5.74, 6) is 4.45. The van der Waals surface area contributed by atoms with Gasteiger partial charge in [-0.3, -0.25) is 5.01 Å². The maximum Gasteiger partial charge on any atom is 0.316 e. The Morgan fingerprint density at radius 1 is 1.32 bits per heavy atom. The molecule has 0 amide bonds. The smallest absolute Gasteiger partial charge is 0.316 e. The van der Waals surface area contributed by atoms with Crippen molar-refractivity contribution in [3.8, 4) is 6.01 Å². The van der Waals surface area contributed by atoms with Crippen molar-refractivity contribution in [2.24, 2.45) is 11.6 Å². The van der Waals surface area contributed by atoms with Crippen molar-refractivity contribution in [3.63, 3.8) is 0 Å². The Labute approximate surface area is 129 Å². The van der Waals surface area contributed by atoms with Gasteiger partial charge in [0.25, 0.3) is 0 Å². The van der Waals surface area contributed by atoms with E-state index in [1.54, 1.807) is 6.07 Å². The minimum atomic E-state index is -0.668. The van der Waals surface area contributed by atoms with E-state index < -0.39 is 11.6 Å². The molecule has 1 aromatic heterocycles. The van der Waals surface area contributed by atoms with E-state index in [0.29, 0.717) is 0 Å². The molecule has 9 heteroatoms. The van der Waals surface area contributed by atoms with Gasteiger partial charge in [0.15, 0.2) is 11.6 Å². The summed E-state index contributed by atoms with van der Waals surface area (Å²) in [6.45, 7) is -0.110. The molecule has 0 atom stereocenters. The van der Waals surface area contributed by atoms with Crippen molar-refractivity contribution >= 4 is 17.3 Å². The predicted molar refractivity (Wildman–Crippen MR) is 77.8 cm³/mol. The number of benzene rings is 1. The normalized spacial score (nSPS) is 11.4. The van der Waals surface area contributed by atoms with Gasteiger partial charge in [-0.1, -0.05) is 17.7 Å². The maximum atomic E-state index is 13.8. The van der Waals surface area contributed by atoms with Crippen molar-refractivity contribution < 1.29 is 13.5 Å². The number of nitrogens with zero attached hydrogens (tertiary/aromatic N) is 3. The van der Waals surface area contributed by atoms with E-state index >= 15 is 0 Å². The summed E-state index contributed by atoms with van der Waals surface area (Å²) >= 11 is 5.67. The van der Waals surface area contributed by atoms with Gasteiger partial charge in [0.2, 0.25) is 0 Å². The van der Waals surface area contributed by atoms with E-state index in [9.17, 15) is 8.78 Å². The Morgan fingerprint density at radius 3 is 2.68 bits per heavy atom. The Hall–Kier alpha value is -2.45. The van der Waals surface area contributed by atoms with Crippen LogP contribution in [0.4, 0.5) is 14.5 Å². The van der Waals surface area contributed by atoms with E-state index in [4.69, 9.17) is 27.9 Å². The molecule has 0 saturated carbocycles. The van der Waals surface area contributed by atoms with Crippen LogP contribution >= 0.6 is 11.6 Å². The van der Waals surface area contributed by atoms with Crippen LogP contribution in [0.15, 0.2) is 42.5 Å². The number of nitrogens with two attached hydrogens (primary N) is 2. The van der Waals surface area contributed by atoms with Gasteiger partial charge in [-0.05, 0) is 12.1 Å². The molecule has 0 saturated heterocycles. The lowest BCUT2D eigenvalue weighted by Crippen LogP contribution is -2.28. The van der Waals surface area contributed by atoms with Crippen molar-refractivity contribution in [1.29, 1.82) is 0 Å². The van der Waals surface area contributed by atoms with Gasteiger partial charge in [-0.15, -0.1) is 0 Å². The largest absolute Gasteiger partial charge is 0.457 e. The number of rotatable bonds is 5. The molecule has 1 aromatic carbocycles. The van der Waals surface area contributed by atoms with Crippen LogP contribution in [0, 0.1) is 11.6 Å². The third kappa shape index (κ3) is 4.03. The molecule has 6 nitrogen and oxygen atoms in total. The Bertz CT molecular complexity index is 681. The van der Waals surface area contributed by atoms with Gasteiger partial charge < -0.3 is 10.5 Å². The van der Waals surface area contributed by atoms with Gasteiger partial charge in [-0.2, -0.15) is 0 Å². The van der Waals surface area contributed by atoms with Gasteiger partial charge in [0.1, 0.15) is 6.61 Å². The van der Waals surface area contributed by atoms with E-state index in [2.05, 4.69) is 9.97 Å². The molecule has 0 radical (unpaired) electrons. The fourth-order valence-corrected chi connectivity index (χ4v) is 1.67. The summed E-state index contributed by atoms with van der Waals surface area (Å²) in [6, 6.07) is 4.34. The molecular weight excluding hydrogens is 316 g/mol. The van der Waals surface area contributed by atoms with Crippen molar-refractivity contribution in [1.82, 2.24) is 9.97 Å². The van der Waals surface area contributed by atoms with Gasteiger partial charge >= 0.3 is 6.01 Å². The maximum absolute atomic E-state index is 13.8. The fraction of sp³-hybridized carbons (Fsp3) is 0.0769. The van der Waals surface area contributed by atoms with Crippen LogP contribution < -0.4 is 21.3 Å². The SMILES string of the molecule is N/C(=C\N(N)c1cccc(Cl)c1F)COc1ncc(F)cn1. The van der Waals surface area contributed by atoms with Gasteiger partial charge in [0, 0.05) is 6.20 Å². The van der Waals surface area contributed by atoms with E-state index in [1.807, 2.05) is 0 Å². The lowest BCUT2D eigenvalue weighted by atomic mass is 10.3. The first kappa shape index (κ1) is 15.9. The monoisotopic (exact) mass is 327 g/mol. The van der Waals surface area contributed by atoms with Crippen LogP contribution in [0.5, 0.6) is 6.01 Å². The number of aromatic nitrogens is 2. The molecule has 2 aromatic rings. The predicted octanol–water partition coefficient (Wildman–Crippen LogP) is 1.97. The molecule has 2 rings (SSSR count). The summed E-state index contributed by atoms with van der Waals surface area (Å²) in [6.07, 6.45) is 3.18. The van der Waals surface area contributed by atoms with Crippen LogP contribution in [0.2, 0.25) is 5.02 Å². The highest BCUT2D eigenvalue weighted by Crippen LogP contribution is 2.24. The second kappa shape index (κ2) is 7.01. The summed E-state index contributed by atoms with van der Waals surface area (Å²) < 4.78 is 31.5. The van der Waals surface area contributed by atoms with Crippen molar-refractivity contribution in [2.75, 3.05) is 11.6 Å². The number of hydrogen-bond donors (Lipinski definition) is 2. The highest BCUT2D eigenvalue weighted by atomic mass is 35.5. The van der Waals surface area contributed by atoms with Crippen LogP contribution in [-0.4, -0.2) is 16.6 Å². The first-order valence-corrected chi connectivity index (χ1v) is 6.39. The van der Waals surface area contributed by atoms with Gasteiger partial charge in [0.05, 0.1) is 28.8 Å². The van der Waals surface area contributed by atoms with Gasteiger partial charge in [-0.25, -0.2) is 24.6 Å². The molecule has 0 bridgehead atoms. The zero-order valence-corrected chi connectivity index (χ0v) is 12.0. The molecule has 0 aliphatic carbocycles. The Balaban J connectivity index is 2.02. The molecule has 0 aliphatic heterocycles. The second-order valence-corrected chi connectivity index (χ2v) is 4.56. The number of halogens is 3. The summed E-state index contributed by atoms with van der Waals surface area (Å²) in [5.41, 5.74) is 5.93. The number of ether oxygens (including phenoxy) is 1. The lowest BCUT2D eigenvalue weighted by Gasteiger charge is -2.16. The van der Waals surface area contributed by atoms with E-state index in [1.165, 1.54) is 18.3 Å². The summed E-state index contributed by atoms with van der Waals surface area (Å²) in [5, 5.41) is 0.918. The van der Waals surface area contributed by atoms with Crippen LogP contribution in [0.3, 0.4) is 0 Å². The number of hydrogen-bond acceptors (Lipinski definition) is 6. The lowest BCUT2D eigenvalue weighted by molar-refractivity contribution is 0.319. The molecular formula is C13H12ClF2N5O. The topological polar surface area (TPSA) is 90.3 Å². The molecule has 4 N–H and O–H groups in total. The van der Waals surface area contributed by atoms with Crippen LogP contribution in [-0.2, 0) is 0 Å². The van der Waals surface area contributed by atoms with E-state index in [0.717, 1.165) is 17.4 Å². The Morgan fingerprint density at radius 2 is 2.00 bits per heavy atom. The fourth-order valence-electron chi connectivity index (χ4n) is 1.50. The molecule has 0 aliphatic rings. The molecule has 1 heterocycles. The minimum absolute atomic E-state index is 0.0461. The summed E-state index contributed by atoms with van der Waals surface area (Å²) in [4.78, 5) is 7.20. The molecule has 0 unspecified atom stereocenters. The average molecular weight is 328 g/mol. The van der Waals surface area contributed by atoms with Crippen LogP contribution in [0.1, 0.15) is 0 Å². The minimum Gasteiger partial charge on any atom is -0.457 e. The zero-order valence-electron chi connectivity index (χ0n) is 11.2. The highest BCUT2D eigenvalue weighted by molar-refractivity contribution is 6.31. The van der Waals surface area contributed by atoms with Crippen molar-refractivity contribution in [3.05, 3.63) is 59.1 Å². The third-order valence-corrected chi connectivity index (χ3v) is 2.77. The highest BCUT2D eigenvalue weighted by Gasteiger charge is 2.10. The van der Waals surface area contributed by atoms with Crippen molar-refractivity contribution in [2.45, 2.75) is 0 Å². The van der Waals surface area contributed by atoms with Crippen LogP contribution in [0.25, 0.3) is 0 Å². The molecule has 0 fully saturated rings. The first-order chi connectivity index (χ1) is 10.5. The zero-order chi connectivity index (χ0) is 16.1. The first-order valence-electron chi connectivity index (χ1n) is 6.02. The number of hydrazine groups is 1. The summed E-state index contributed by atoms with van der Waals surface area (Å²) in [7, 11) is 0. The Kier molecular flexibility index (Phi) is 5.08. The molecule has 116 valence electrons. The molecule has 0 spiro atoms. The second-order valence-electron chi connectivity index (χ2n) is 4.16. The third-order valence-electron chi connectivity index (χ3n) is 2.48. The molecule has 22 heavy (non-hydrogen) atoms.